The summed E-state index contributed by atoms with van der Waals surface area (Å²) in [4.78, 5) is 16.5. The van der Waals surface area contributed by atoms with Gasteiger partial charge >= 0.3 is 0 Å². The predicted octanol–water partition coefficient (Wildman–Crippen LogP) is 1.73. The number of rotatable bonds is 2. The van der Waals surface area contributed by atoms with Crippen molar-refractivity contribution in [2.45, 2.75) is 46.1 Å². The SMILES string of the molecule is CCN1CCC2(CC1)CC(=O)N(C(C)C)C2. The van der Waals surface area contributed by atoms with Crippen LogP contribution in [-0.2, 0) is 4.79 Å². The van der Waals surface area contributed by atoms with Gasteiger partial charge in [0.15, 0.2) is 0 Å². The zero-order valence-electron chi connectivity index (χ0n) is 10.8. The van der Waals surface area contributed by atoms with Gasteiger partial charge in [-0.2, -0.15) is 0 Å². The molecule has 3 nitrogen and oxygen atoms in total. The molecule has 0 aromatic heterocycles. The molecule has 3 heteroatoms. The maximum Gasteiger partial charge on any atom is 0.223 e. The Morgan fingerprint density at radius 3 is 2.38 bits per heavy atom. The van der Waals surface area contributed by atoms with E-state index in [0.717, 1.165) is 19.5 Å². The first kappa shape index (κ1) is 11.9. The lowest BCUT2D eigenvalue weighted by molar-refractivity contribution is -0.129. The van der Waals surface area contributed by atoms with Gasteiger partial charge in [-0.15, -0.1) is 0 Å². The van der Waals surface area contributed by atoms with Crippen LogP contribution in [0.4, 0.5) is 0 Å². The van der Waals surface area contributed by atoms with Crippen LogP contribution >= 0.6 is 0 Å². The lowest BCUT2D eigenvalue weighted by Crippen LogP contribution is -2.42. The van der Waals surface area contributed by atoms with Crippen LogP contribution in [0.5, 0.6) is 0 Å². The van der Waals surface area contributed by atoms with Crippen LogP contribution in [0, 0.1) is 5.41 Å². The van der Waals surface area contributed by atoms with Crippen molar-refractivity contribution in [2.24, 2.45) is 5.41 Å². The first-order chi connectivity index (χ1) is 7.56. The first-order valence-corrected chi connectivity index (χ1v) is 6.58. The monoisotopic (exact) mass is 224 g/mol. The third kappa shape index (κ3) is 2.10. The van der Waals surface area contributed by atoms with E-state index in [2.05, 4.69) is 30.6 Å². The summed E-state index contributed by atoms with van der Waals surface area (Å²) in [5, 5.41) is 0. The third-order valence-corrected chi connectivity index (χ3v) is 4.34. The quantitative estimate of drug-likeness (QED) is 0.713. The van der Waals surface area contributed by atoms with Gasteiger partial charge in [-0.1, -0.05) is 6.92 Å². The molecule has 92 valence electrons. The lowest BCUT2D eigenvalue weighted by atomic mass is 9.77. The van der Waals surface area contributed by atoms with Crippen LogP contribution in [-0.4, -0.2) is 47.9 Å². The molecule has 0 unspecified atom stereocenters. The predicted molar refractivity (Wildman–Crippen MR) is 65.2 cm³/mol. The van der Waals surface area contributed by atoms with Crippen LogP contribution in [0.1, 0.15) is 40.0 Å². The van der Waals surface area contributed by atoms with Gasteiger partial charge in [0, 0.05) is 19.0 Å². The van der Waals surface area contributed by atoms with Crippen LogP contribution in [0.15, 0.2) is 0 Å². The number of piperidine rings is 1. The zero-order chi connectivity index (χ0) is 11.8. The minimum absolute atomic E-state index is 0.313. The molecule has 0 N–H and O–H groups in total. The topological polar surface area (TPSA) is 23.6 Å². The summed E-state index contributed by atoms with van der Waals surface area (Å²) < 4.78 is 0. The molecule has 0 radical (unpaired) electrons. The Labute approximate surface area is 98.8 Å². The minimum Gasteiger partial charge on any atom is -0.340 e. The maximum absolute atomic E-state index is 12.0. The van der Waals surface area contributed by atoms with E-state index < -0.39 is 0 Å². The molecule has 0 aromatic rings. The molecule has 0 bridgehead atoms. The number of carbonyl (C=O) groups is 1. The van der Waals surface area contributed by atoms with E-state index in [1.54, 1.807) is 0 Å². The van der Waals surface area contributed by atoms with Crippen molar-refractivity contribution in [2.75, 3.05) is 26.2 Å². The van der Waals surface area contributed by atoms with Gasteiger partial charge in [0.05, 0.1) is 0 Å². The summed E-state index contributed by atoms with van der Waals surface area (Å²) in [5.41, 5.74) is 0.313. The number of carbonyl (C=O) groups excluding carboxylic acids is 1. The van der Waals surface area contributed by atoms with Crippen molar-refractivity contribution in [3.63, 3.8) is 0 Å². The van der Waals surface area contributed by atoms with E-state index in [4.69, 9.17) is 0 Å². The summed E-state index contributed by atoms with van der Waals surface area (Å²) >= 11 is 0. The van der Waals surface area contributed by atoms with Crippen molar-refractivity contribution >= 4 is 5.91 Å². The molecule has 1 amide bonds. The molecule has 0 saturated carbocycles. The molecule has 2 saturated heterocycles. The van der Waals surface area contributed by atoms with Crippen LogP contribution in [0.3, 0.4) is 0 Å². The largest absolute Gasteiger partial charge is 0.340 e. The number of hydrogen-bond acceptors (Lipinski definition) is 2. The molecule has 2 aliphatic heterocycles. The van der Waals surface area contributed by atoms with E-state index in [9.17, 15) is 4.79 Å². The average Bonchev–Trinajstić information content (AvgIpc) is 2.57. The molecule has 16 heavy (non-hydrogen) atoms. The molecular weight excluding hydrogens is 200 g/mol. The highest BCUT2D eigenvalue weighted by Gasteiger charge is 2.45. The molecule has 2 rings (SSSR count). The highest BCUT2D eigenvalue weighted by Crippen LogP contribution is 2.41. The summed E-state index contributed by atoms with van der Waals surface area (Å²) in [7, 11) is 0. The molecule has 2 fully saturated rings. The maximum atomic E-state index is 12.0. The number of amides is 1. The van der Waals surface area contributed by atoms with Crippen molar-refractivity contribution < 1.29 is 4.79 Å². The second-order valence-electron chi connectivity index (χ2n) is 5.73. The molecule has 2 aliphatic rings. The molecule has 0 aliphatic carbocycles. The van der Waals surface area contributed by atoms with Gasteiger partial charge in [-0.05, 0) is 51.7 Å². The molecule has 0 atom stereocenters. The third-order valence-electron chi connectivity index (χ3n) is 4.34. The highest BCUT2D eigenvalue weighted by molar-refractivity contribution is 5.79. The van der Waals surface area contributed by atoms with Gasteiger partial charge in [-0.25, -0.2) is 0 Å². The van der Waals surface area contributed by atoms with Gasteiger partial charge in [0.1, 0.15) is 0 Å². The lowest BCUT2D eigenvalue weighted by Gasteiger charge is -2.38. The number of likely N-dealkylation sites (tertiary alicyclic amines) is 2. The zero-order valence-corrected chi connectivity index (χ0v) is 10.8. The van der Waals surface area contributed by atoms with Crippen molar-refractivity contribution in [3.8, 4) is 0 Å². The van der Waals surface area contributed by atoms with E-state index in [0.29, 0.717) is 17.4 Å². The highest BCUT2D eigenvalue weighted by atomic mass is 16.2. The average molecular weight is 224 g/mol. The fraction of sp³-hybridized carbons (Fsp3) is 0.923. The second kappa shape index (κ2) is 4.36. The van der Waals surface area contributed by atoms with Gasteiger partial charge in [-0.3, -0.25) is 4.79 Å². The van der Waals surface area contributed by atoms with Crippen molar-refractivity contribution in [1.29, 1.82) is 0 Å². The summed E-state index contributed by atoms with van der Waals surface area (Å²) in [5.74, 6) is 0.375. The Balaban J connectivity index is 1.99. The van der Waals surface area contributed by atoms with Crippen LogP contribution < -0.4 is 0 Å². The number of hydrogen-bond donors (Lipinski definition) is 0. The van der Waals surface area contributed by atoms with Crippen molar-refractivity contribution in [3.05, 3.63) is 0 Å². The van der Waals surface area contributed by atoms with Crippen LogP contribution in [0.25, 0.3) is 0 Å². The first-order valence-electron chi connectivity index (χ1n) is 6.58. The Bertz CT molecular complexity index is 267. The van der Waals surface area contributed by atoms with Gasteiger partial charge in [0.2, 0.25) is 5.91 Å². The Morgan fingerprint density at radius 1 is 1.31 bits per heavy atom. The van der Waals surface area contributed by atoms with Crippen molar-refractivity contribution in [1.82, 2.24) is 9.80 Å². The van der Waals surface area contributed by atoms with E-state index in [1.807, 2.05) is 0 Å². The van der Waals surface area contributed by atoms with E-state index in [1.165, 1.54) is 25.9 Å². The molecule has 2 heterocycles. The smallest absolute Gasteiger partial charge is 0.223 e. The fourth-order valence-corrected chi connectivity index (χ4v) is 3.08. The fourth-order valence-electron chi connectivity index (χ4n) is 3.08. The molecule has 1 spiro atoms. The second-order valence-corrected chi connectivity index (χ2v) is 5.73. The van der Waals surface area contributed by atoms with Gasteiger partial charge in [0.25, 0.3) is 0 Å². The van der Waals surface area contributed by atoms with E-state index in [-0.39, 0.29) is 0 Å². The summed E-state index contributed by atoms with van der Waals surface area (Å²) in [6.45, 7) is 11.0. The standard InChI is InChI=1S/C13H24N2O/c1-4-14-7-5-13(6-8-14)9-12(16)15(10-13)11(2)3/h11H,4-10H2,1-3H3. The summed E-state index contributed by atoms with van der Waals surface area (Å²) in [6, 6.07) is 0.371. The molecule has 0 aromatic carbocycles. The van der Waals surface area contributed by atoms with E-state index >= 15 is 0 Å². The van der Waals surface area contributed by atoms with Crippen LogP contribution in [0.2, 0.25) is 0 Å². The minimum atomic E-state index is 0.313. The Kier molecular flexibility index (Phi) is 3.24. The Morgan fingerprint density at radius 2 is 1.94 bits per heavy atom. The normalized spacial score (nSPS) is 26.0. The summed E-state index contributed by atoms with van der Waals surface area (Å²) in [6.07, 6.45) is 3.20. The molecular formula is C13H24N2O. The number of nitrogens with zero attached hydrogens (tertiary/aromatic N) is 2. The Hall–Kier alpha value is -0.570. The van der Waals surface area contributed by atoms with Gasteiger partial charge < -0.3 is 9.80 Å².